The lowest BCUT2D eigenvalue weighted by Gasteiger charge is -2.03. The fraction of sp³-hybridized carbons (Fsp3) is 0.308. The van der Waals surface area contributed by atoms with E-state index in [9.17, 15) is 9.90 Å². The van der Waals surface area contributed by atoms with Crippen molar-refractivity contribution in [3.05, 3.63) is 41.3 Å². The van der Waals surface area contributed by atoms with Gasteiger partial charge in [-0.15, -0.1) is 10.2 Å². The molecular weight excluding hydrogens is 264 g/mol. The first-order chi connectivity index (χ1) is 9.19. The van der Waals surface area contributed by atoms with E-state index in [2.05, 4.69) is 17.1 Å². The monoisotopic (exact) mass is 277 g/mol. The Morgan fingerprint density at radius 1 is 1.32 bits per heavy atom. The fourth-order valence-electron chi connectivity index (χ4n) is 1.49. The Balaban J connectivity index is 1.92. The minimum Gasteiger partial charge on any atom is -0.545 e. The van der Waals surface area contributed by atoms with E-state index in [4.69, 9.17) is 4.42 Å². The fourth-order valence-corrected chi connectivity index (χ4v) is 2.23. The summed E-state index contributed by atoms with van der Waals surface area (Å²) in [6.07, 6.45) is 1.75. The second-order valence-corrected chi connectivity index (χ2v) is 4.91. The number of thioether (sulfide) groups is 1. The van der Waals surface area contributed by atoms with Crippen LogP contribution in [0.2, 0.25) is 0 Å². The van der Waals surface area contributed by atoms with Gasteiger partial charge in [-0.25, -0.2) is 0 Å². The van der Waals surface area contributed by atoms with Crippen LogP contribution in [0.4, 0.5) is 0 Å². The van der Waals surface area contributed by atoms with Gasteiger partial charge in [-0.2, -0.15) is 0 Å². The van der Waals surface area contributed by atoms with E-state index in [0.29, 0.717) is 16.9 Å². The smallest absolute Gasteiger partial charge is 0.276 e. The Hall–Kier alpha value is -1.82. The number of carboxylic acid groups (broad SMARTS) is 1. The molecule has 0 bridgehead atoms. The Morgan fingerprint density at radius 3 is 2.68 bits per heavy atom. The summed E-state index contributed by atoms with van der Waals surface area (Å²) in [6.45, 7) is 2.05. The summed E-state index contributed by atoms with van der Waals surface area (Å²) in [6, 6.07) is 6.56. The number of carbonyl (C=O) groups excluding carboxylic acids is 1. The SMILES string of the molecule is CCCc1nnc(SCc2ccc(C(=O)[O-])cc2)o1. The van der Waals surface area contributed by atoms with Crippen LogP contribution >= 0.6 is 11.8 Å². The summed E-state index contributed by atoms with van der Waals surface area (Å²) in [7, 11) is 0. The average Bonchev–Trinajstić information content (AvgIpc) is 2.85. The number of nitrogens with zero attached hydrogens (tertiary/aromatic N) is 2. The molecule has 0 aliphatic rings. The van der Waals surface area contributed by atoms with Crippen molar-refractivity contribution in [3.63, 3.8) is 0 Å². The van der Waals surface area contributed by atoms with E-state index in [1.165, 1.54) is 23.9 Å². The van der Waals surface area contributed by atoms with Gasteiger partial charge in [0.05, 0.1) is 5.97 Å². The molecule has 5 nitrogen and oxygen atoms in total. The quantitative estimate of drug-likeness (QED) is 0.747. The first-order valence-corrected chi connectivity index (χ1v) is 6.93. The predicted molar refractivity (Wildman–Crippen MR) is 68.6 cm³/mol. The normalized spacial score (nSPS) is 10.6. The van der Waals surface area contributed by atoms with Crippen LogP contribution in [0.3, 0.4) is 0 Å². The number of benzene rings is 1. The van der Waals surface area contributed by atoms with Gasteiger partial charge in [0.1, 0.15) is 0 Å². The van der Waals surface area contributed by atoms with Gasteiger partial charge in [-0.3, -0.25) is 0 Å². The third-order valence-electron chi connectivity index (χ3n) is 2.46. The Kier molecular flexibility index (Phi) is 4.57. The van der Waals surface area contributed by atoms with Gasteiger partial charge in [0.25, 0.3) is 5.22 Å². The highest BCUT2D eigenvalue weighted by atomic mass is 32.2. The van der Waals surface area contributed by atoms with E-state index < -0.39 is 5.97 Å². The Bertz CT molecular complexity index is 551. The van der Waals surface area contributed by atoms with Crippen LogP contribution in [-0.4, -0.2) is 16.2 Å². The van der Waals surface area contributed by atoms with Crippen molar-refractivity contribution in [1.29, 1.82) is 0 Å². The number of aromatic nitrogens is 2. The molecule has 0 N–H and O–H groups in total. The number of carbonyl (C=O) groups is 1. The summed E-state index contributed by atoms with van der Waals surface area (Å²) in [4.78, 5) is 10.6. The second-order valence-electron chi connectivity index (χ2n) is 3.98. The van der Waals surface area contributed by atoms with Crippen molar-refractivity contribution in [2.45, 2.75) is 30.7 Å². The van der Waals surface area contributed by atoms with Crippen molar-refractivity contribution >= 4 is 17.7 Å². The molecule has 19 heavy (non-hydrogen) atoms. The average molecular weight is 277 g/mol. The van der Waals surface area contributed by atoms with Crippen LogP contribution in [0, 0.1) is 0 Å². The predicted octanol–water partition coefficient (Wildman–Crippen LogP) is 1.68. The maximum atomic E-state index is 10.6. The molecule has 6 heteroatoms. The molecule has 0 aliphatic heterocycles. The van der Waals surface area contributed by atoms with Crippen LogP contribution in [0.15, 0.2) is 33.9 Å². The Morgan fingerprint density at radius 2 is 2.05 bits per heavy atom. The number of carboxylic acids is 1. The van der Waals surface area contributed by atoms with Gasteiger partial charge in [0.2, 0.25) is 5.89 Å². The molecule has 0 atom stereocenters. The maximum Gasteiger partial charge on any atom is 0.276 e. The van der Waals surface area contributed by atoms with Crippen molar-refractivity contribution in [3.8, 4) is 0 Å². The summed E-state index contributed by atoms with van der Waals surface area (Å²) in [5, 5.41) is 19.0. The van der Waals surface area contributed by atoms with E-state index in [0.717, 1.165) is 18.4 Å². The number of aryl methyl sites for hydroxylation is 1. The number of aromatic carboxylic acids is 1. The van der Waals surface area contributed by atoms with Crippen molar-refractivity contribution in [1.82, 2.24) is 10.2 Å². The minimum absolute atomic E-state index is 0.178. The third kappa shape index (κ3) is 3.82. The molecule has 2 rings (SSSR count). The van der Waals surface area contributed by atoms with Crippen LogP contribution in [0.25, 0.3) is 0 Å². The molecule has 1 heterocycles. The molecule has 0 saturated carbocycles. The molecule has 1 aromatic heterocycles. The molecule has 0 radical (unpaired) electrons. The lowest BCUT2D eigenvalue weighted by Crippen LogP contribution is -2.21. The molecule has 0 saturated heterocycles. The van der Waals surface area contributed by atoms with Gasteiger partial charge < -0.3 is 14.3 Å². The van der Waals surface area contributed by atoms with E-state index in [1.54, 1.807) is 12.1 Å². The zero-order valence-electron chi connectivity index (χ0n) is 10.5. The highest BCUT2D eigenvalue weighted by Gasteiger charge is 2.06. The van der Waals surface area contributed by atoms with Gasteiger partial charge in [-0.1, -0.05) is 43.0 Å². The van der Waals surface area contributed by atoms with Crippen molar-refractivity contribution < 1.29 is 14.3 Å². The van der Waals surface area contributed by atoms with E-state index >= 15 is 0 Å². The van der Waals surface area contributed by atoms with Crippen molar-refractivity contribution in [2.24, 2.45) is 0 Å². The topological polar surface area (TPSA) is 79.0 Å². The van der Waals surface area contributed by atoms with Gasteiger partial charge in [-0.05, 0) is 17.5 Å². The summed E-state index contributed by atoms with van der Waals surface area (Å²) in [5.41, 5.74) is 1.17. The summed E-state index contributed by atoms with van der Waals surface area (Å²) in [5.74, 6) is 0.138. The molecule has 100 valence electrons. The molecule has 0 spiro atoms. The lowest BCUT2D eigenvalue weighted by molar-refractivity contribution is -0.255. The largest absolute Gasteiger partial charge is 0.545 e. The second kappa shape index (κ2) is 6.38. The minimum atomic E-state index is -1.17. The van der Waals surface area contributed by atoms with Gasteiger partial charge >= 0.3 is 0 Å². The number of hydrogen-bond donors (Lipinski definition) is 0. The van der Waals surface area contributed by atoms with Crippen LogP contribution in [-0.2, 0) is 12.2 Å². The zero-order chi connectivity index (χ0) is 13.7. The maximum absolute atomic E-state index is 10.6. The van der Waals surface area contributed by atoms with Gasteiger partial charge in [0, 0.05) is 12.2 Å². The molecule has 0 aliphatic carbocycles. The standard InChI is InChI=1S/C13H14N2O3S/c1-2-3-11-14-15-13(18-11)19-8-9-4-6-10(7-5-9)12(16)17/h4-7H,2-3,8H2,1H3,(H,16,17)/p-1. The number of rotatable bonds is 6. The van der Waals surface area contributed by atoms with Crippen LogP contribution in [0.1, 0.15) is 35.2 Å². The highest BCUT2D eigenvalue weighted by Crippen LogP contribution is 2.21. The number of hydrogen-bond acceptors (Lipinski definition) is 6. The van der Waals surface area contributed by atoms with Crippen molar-refractivity contribution in [2.75, 3.05) is 0 Å². The molecule has 1 aromatic carbocycles. The van der Waals surface area contributed by atoms with Crippen LogP contribution in [0.5, 0.6) is 0 Å². The molecule has 0 fully saturated rings. The molecule has 2 aromatic rings. The Labute approximate surface area is 115 Å². The van der Waals surface area contributed by atoms with Gasteiger partial charge in [0.15, 0.2) is 0 Å². The molecule has 0 amide bonds. The first kappa shape index (κ1) is 13.6. The first-order valence-electron chi connectivity index (χ1n) is 5.94. The third-order valence-corrected chi connectivity index (χ3v) is 3.35. The van der Waals surface area contributed by atoms with Crippen LogP contribution < -0.4 is 5.11 Å². The summed E-state index contributed by atoms with van der Waals surface area (Å²) >= 11 is 1.43. The highest BCUT2D eigenvalue weighted by molar-refractivity contribution is 7.98. The summed E-state index contributed by atoms with van der Waals surface area (Å²) < 4.78 is 5.44. The zero-order valence-corrected chi connectivity index (χ0v) is 11.3. The molecular formula is C13H13N2O3S-. The van der Waals surface area contributed by atoms with E-state index in [1.807, 2.05) is 0 Å². The molecule has 0 unspecified atom stereocenters. The lowest BCUT2D eigenvalue weighted by atomic mass is 10.1. The van der Waals surface area contributed by atoms with E-state index in [-0.39, 0.29) is 5.56 Å².